The molecule has 2 heterocycles. The van der Waals surface area contributed by atoms with Crippen LogP contribution in [0.4, 0.5) is 5.69 Å². The summed E-state index contributed by atoms with van der Waals surface area (Å²) < 4.78 is 2.02. The molecule has 0 saturated carbocycles. The van der Waals surface area contributed by atoms with Crippen LogP contribution in [-0.2, 0) is 29.0 Å². The fraction of sp³-hybridized carbons (Fsp3) is 0.450. The van der Waals surface area contributed by atoms with E-state index in [0.717, 1.165) is 18.5 Å². The molecule has 26 heavy (non-hydrogen) atoms. The number of fused-ring (bicyclic) bond motifs is 1. The van der Waals surface area contributed by atoms with E-state index in [1.807, 2.05) is 41.2 Å². The number of anilines is 1. The van der Waals surface area contributed by atoms with Gasteiger partial charge in [-0.3, -0.25) is 14.3 Å². The van der Waals surface area contributed by atoms with Gasteiger partial charge in [-0.05, 0) is 43.4 Å². The summed E-state index contributed by atoms with van der Waals surface area (Å²) in [4.78, 5) is 26.4. The van der Waals surface area contributed by atoms with E-state index in [0.29, 0.717) is 19.6 Å². The molecule has 1 aliphatic heterocycles. The van der Waals surface area contributed by atoms with Crippen LogP contribution in [0.15, 0.2) is 36.5 Å². The zero-order valence-corrected chi connectivity index (χ0v) is 14.9. The lowest BCUT2D eigenvalue weighted by Crippen LogP contribution is -2.35. The average molecular weight is 352 g/mol. The minimum absolute atomic E-state index is 0.0116. The van der Waals surface area contributed by atoms with Gasteiger partial charge in [0.1, 0.15) is 0 Å². The van der Waals surface area contributed by atoms with Crippen LogP contribution in [0.1, 0.15) is 30.5 Å². The Morgan fingerprint density at radius 1 is 1.19 bits per heavy atom. The Bertz CT molecular complexity index is 799. The molecule has 1 N–H and O–H groups in total. The predicted molar refractivity (Wildman–Crippen MR) is 98.8 cm³/mol. The van der Waals surface area contributed by atoms with E-state index in [9.17, 15) is 9.59 Å². The van der Waals surface area contributed by atoms with Crippen LogP contribution in [-0.4, -0.2) is 34.7 Å². The van der Waals surface area contributed by atoms with Crippen molar-refractivity contribution in [1.82, 2.24) is 15.1 Å². The summed E-state index contributed by atoms with van der Waals surface area (Å²) in [7, 11) is 0. The summed E-state index contributed by atoms with van der Waals surface area (Å²) in [6.45, 7) is 1.68. The number of carbonyl (C=O) groups excluding carboxylic acids is 2. The van der Waals surface area contributed by atoms with Crippen LogP contribution in [0.25, 0.3) is 0 Å². The van der Waals surface area contributed by atoms with Gasteiger partial charge in [0.15, 0.2) is 0 Å². The predicted octanol–water partition coefficient (Wildman–Crippen LogP) is 1.93. The highest BCUT2D eigenvalue weighted by molar-refractivity contribution is 6.00. The molecular formula is C20H24N4O2. The number of nitrogens with zero attached hydrogens (tertiary/aromatic N) is 3. The summed E-state index contributed by atoms with van der Waals surface area (Å²) in [5, 5.41) is 7.44. The summed E-state index contributed by atoms with van der Waals surface area (Å²) >= 11 is 0. The maximum atomic E-state index is 12.5. The smallest absolute Gasteiger partial charge is 0.227 e. The zero-order valence-electron chi connectivity index (χ0n) is 14.9. The summed E-state index contributed by atoms with van der Waals surface area (Å²) in [6.07, 6.45) is 6.88. The second-order valence-corrected chi connectivity index (χ2v) is 7.08. The number of carbonyl (C=O) groups is 2. The SMILES string of the molecule is O=C(NCCn1ncc2c1CCCC2)C1CC(=O)N(c2ccccc2)C1. The molecule has 1 aliphatic carbocycles. The largest absolute Gasteiger partial charge is 0.354 e. The van der Waals surface area contributed by atoms with Crippen molar-refractivity contribution in [2.45, 2.75) is 38.6 Å². The number of aryl methyl sites for hydroxylation is 1. The van der Waals surface area contributed by atoms with Gasteiger partial charge in [-0.25, -0.2) is 0 Å². The van der Waals surface area contributed by atoms with Crippen LogP contribution < -0.4 is 10.2 Å². The quantitative estimate of drug-likeness (QED) is 0.894. The van der Waals surface area contributed by atoms with E-state index in [1.165, 1.54) is 24.1 Å². The number of rotatable bonds is 5. The molecule has 6 heteroatoms. The second kappa shape index (κ2) is 7.32. The Morgan fingerprint density at radius 2 is 2.00 bits per heavy atom. The Balaban J connectivity index is 1.30. The maximum absolute atomic E-state index is 12.5. The number of para-hydroxylation sites is 1. The summed E-state index contributed by atoms with van der Waals surface area (Å²) in [5.74, 6) is -0.315. The van der Waals surface area contributed by atoms with Gasteiger partial charge in [0.05, 0.1) is 18.7 Å². The molecule has 1 fully saturated rings. The third kappa shape index (κ3) is 3.36. The van der Waals surface area contributed by atoms with Crippen molar-refractivity contribution in [3.05, 3.63) is 47.8 Å². The molecule has 1 unspecified atom stereocenters. The van der Waals surface area contributed by atoms with Crippen LogP contribution in [0.5, 0.6) is 0 Å². The molecule has 6 nitrogen and oxygen atoms in total. The molecule has 2 aromatic rings. The molecule has 1 atom stereocenters. The maximum Gasteiger partial charge on any atom is 0.227 e. The lowest BCUT2D eigenvalue weighted by atomic mass is 9.98. The Hall–Kier alpha value is -2.63. The molecule has 2 amide bonds. The number of aromatic nitrogens is 2. The van der Waals surface area contributed by atoms with Gasteiger partial charge >= 0.3 is 0 Å². The van der Waals surface area contributed by atoms with Crippen molar-refractivity contribution in [3.8, 4) is 0 Å². The highest BCUT2D eigenvalue weighted by Gasteiger charge is 2.34. The second-order valence-electron chi connectivity index (χ2n) is 7.08. The van der Waals surface area contributed by atoms with Crippen molar-refractivity contribution in [1.29, 1.82) is 0 Å². The van der Waals surface area contributed by atoms with Crippen LogP contribution in [0, 0.1) is 5.92 Å². The third-order valence-electron chi connectivity index (χ3n) is 5.33. The lowest BCUT2D eigenvalue weighted by molar-refractivity contribution is -0.126. The monoisotopic (exact) mass is 352 g/mol. The van der Waals surface area contributed by atoms with E-state index in [1.54, 1.807) is 4.90 Å². The van der Waals surface area contributed by atoms with Gasteiger partial charge in [-0.1, -0.05) is 18.2 Å². The van der Waals surface area contributed by atoms with Crippen LogP contribution >= 0.6 is 0 Å². The van der Waals surface area contributed by atoms with E-state index in [2.05, 4.69) is 10.4 Å². The van der Waals surface area contributed by atoms with Crippen molar-refractivity contribution in [3.63, 3.8) is 0 Å². The summed E-state index contributed by atoms with van der Waals surface area (Å²) in [6, 6.07) is 9.53. The normalized spacial score (nSPS) is 19.5. The fourth-order valence-corrected chi connectivity index (χ4v) is 3.92. The number of benzene rings is 1. The molecule has 1 saturated heterocycles. The fourth-order valence-electron chi connectivity index (χ4n) is 3.92. The number of hydrogen-bond donors (Lipinski definition) is 1. The molecule has 1 aromatic carbocycles. The standard InChI is InChI=1S/C20H24N4O2/c25-19-12-16(14-23(19)17-7-2-1-3-8-17)20(26)21-10-11-24-18-9-5-4-6-15(18)13-22-24/h1-3,7-8,13,16H,4-6,9-12,14H2,(H,21,26). The zero-order chi connectivity index (χ0) is 17.9. The first-order chi connectivity index (χ1) is 12.7. The van der Waals surface area contributed by atoms with Gasteiger partial charge in [0.2, 0.25) is 11.8 Å². The number of hydrogen-bond acceptors (Lipinski definition) is 3. The van der Waals surface area contributed by atoms with E-state index in [-0.39, 0.29) is 24.2 Å². The molecule has 0 radical (unpaired) electrons. The van der Waals surface area contributed by atoms with Gasteiger partial charge in [0.25, 0.3) is 0 Å². The minimum Gasteiger partial charge on any atom is -0.354 e. The first-order valence-electron chi connectivity index (χ1n) is 9.39. The Labute approximate surface area is 153 Å². The molecule has 0 spiro atoms. The van der Waals surface area contributed by atoms with Gasteiger partial charge in [-0.15, -0.1) is 0 Å². The Kier molecular flexibility index (Phi) is 4.73. The molecule has 2 aliphatic rings. The number of nitrogens with one attached hydrogen (secondary N) is 1. The highest BCUT2D eigenvalue weighted by Crippen LogP contribution is 2.25. The van der Waals surface area contributed by atoms with Gasteiger partial charge in [0, 0.05) is 30.9 Å². The lowest BCUT2D eigenvalue weighted by Gasteiger charge is -2.17. The molecule has 1 aromatic heterocycles. The minimum atomic E-state index is -0.283. The van der Waals surface area contributed by atoms with E-state index in [4.69, 9.17) is 0 Å². The van der Waals surface area contributed by atoms with Gasteiger partial charge < -0.3 is 10.2 Å². The van der Waals surface area contributed by atoms with E-state index >= 15 is 0 Å². The summed E-state index contributed by atoms with van der Waals surface area (Å²) in [5.41, 5.74) is 3.52. The Morgan fingerprint density at radius 3 is 2.85 bits per heavy atom. The van der Waals surface area contributed by atoms with Crippen molar-refractivity contribution in [2.75, 3.05) is 18.0 Å². The first kappa shape index (κ1) is 16.8. The van der Waals surface area contributed by atoms with Crippen LogP contribution in [0.2, 0.25) is 0 Å². The van der Waals surface area contributed by atoms with Crippen molar-refractivity contribution in [2.24, 2.45) is 5.92 Å². The van der Waals surface area contributed by atoms with Crippen molar-refractivity contribution < 1.29 is 9.59 Å². The van der Waals surface area contributed by atoms with Gasteiger partial charge in [-0.2, -0.15) is 5.10 Å². The molecule has 136 valence electrons. The van der Waals surface area contributed by atoms with Crippen molar-refractivity contribution >= 4 is 17.5 Å². The molecule has 0 bridgehead atoms. The molecular weight excluding hydrogens is 328 g/mol. The third-order valence-corrected chi connectivity index (χ3v) is 5.33. The average Bonchev–Trinajstić information content (AvgIpc) is 3.26. The van der Waals surface area contributed by atoms with E-state index < -0.39 is 0 Å². The topological polar surface area (TPSA) is 67.2 Å². The highest BCUT2D eigenvalue weighted by atomic mass is 16.2. The van der Waals surface area contributed by atoms with Crippen LogP contribution in [0.3, 0.4) is 0 Å². The first-order valence-corrected chi connectivity index (χ1v) is 9.39. The number of amides is 2. The molecule has 4 rings (SSSR count).